The second-order valence-electron chi connectivity index (χ2n) is 5.12. The molecule has 2 N–H and O–H groups in total. The molecule has 0 aliphatic heterocycles. The zero-order valence-electron chi connectivity index (χ0n) is 13.5. The molecule has 25 heavy (non-hydrogen) atoms. The molecule has 0 atom stereocenters. The van der Waals surface area contributed by atoms with E-state index in [-0.39, 0.29) is 16.9 Å². The van der Waals surface area contributed by atoms with Gasteiger partial charge in [0.15, 0.2) is 11.6 Å². The molecule has 0 radical (unpaired) electrons. The topological polar surface area (TPSA) is 80.3 Å². The van der Waals surface area contributed by atoms with Crippen LogP contribution in [0.15, 0.2) is 36.5 Å². The maximum atomic E-state index is 13.2. The Morgan fingerprint density at radius 1 is 1.12 bits per heavy atom. The fourth-order valence-electron chi connectivity index (χ4n) is 1.98. The van der Waals surface area contributed by atoms with Crippen molar-refractivity contribution in [3.8, 4) is 0 Å². The number of carbonyl (C=O) groups excluding carboxylic acids is 2. The van der Waals surface area contributed by atoms with Crippen LogP contribution in [0.25, 0.3) is 0 Å². The van der Waals surface area contributed by atoms with Crippen LogP contribution in [-0.4, -0.2) is 37.1 Å². The molecule has 0 saturated heterocycles. The molecule has 0 fully saturated rings. The second-order valence-corrected chi connectivity index (χ2v) is 5.12. The van der Waals surface area contributed by atoms with Crippen molar-refractivity contribution in [1.29, 1.82) is 0 Å². The smallest absolute Gasteiger partial charge is 0.269 e. The molecule has 0 unspecified atom stereocenters. The number of hydrogen-bond donors (Lipinski definition) is 2. The zero-order chi connectivity index (χ0) is 18.2. The maximum Gasteiger partial charge on any atom is 0.269 e. The predicted molar refractivity (Wildman–Crippen MR) is 87.4 cm³/mol. The molecule has 2 amide bonds. The molecule has 0 bridgehead atoms. The van der Waals surface area contributed by atoms with E-state index in [0.717, 1.165) is 12.1 Å². The van der Waals surface area contributed by atoms with Crippen molar-refractivity contribution in [2.75, 3.05) is 25.6 Å². The van der Waals surface area contributed by atoms with Gasteiger partial charge in [0.25, 0.3) is 11.8 Å². The molecule has 8 heteroatoms. The van der Waals surface area contributed by atoms with E-state index in [1.807, 2.05) is 0 Å². The summed E-state index contributed by atoms with van der Waals surface area (Å²) >= 11 is 0. The number of benzene rings is 1. The first-order valence-corrected chi connectivity index (χ1v) is 7.51. The molecule has 0 aliphatic carbocycles. The number of hydrogen-bond acceptors (Lipinski definition) is 4. The van der Waals surface area contributed by atoms with E-state index in [1.165, 1.54) is 24.4 Å². The Bertz CT molecular complexity index is 769. The summed E-state index contributed by atoms with van der Waals surface area (Å²) in [6.45, 7) is 0.935. The van der Waals surface area contributed by atoms with Crippen LogP contribution in [0, 0.1) is 11.6 Å². The van der Waals surface area contributed by atoms with Gasteiger partial charge in [0.2, 0.25) is 0 Å². The predicted octanol–water partition coefficient (Wildman–Crippen LogP) is 2.38. The van der Waals surface area contributed by atoms with Crippen LogP contribution in [0.4, 0.5) is 14.5 Å². The van der Waals surface area contributed by atoms with E-state index in [9.17, 15) is 18.4 Å². The van der Waals surface area contributed by atoms with E-state index in [0.29, 0.717) is 19.6 Å². The number of pyridine rings is 1. The lowest BCUT2D eigenvalue weighted by Gasteiger charge is -2.08. The number of carbonyl (C=O) groups is 2. The number of methoxy groups -OCH3 is 1. The van der Waals surface area contributed by atoms with Crippen molar-refractivity contribution in [1.82, 2.24) is 10.3 Å². The number of nitrogens with zero attached hydrogens (tertiary/aromatic N) is 1. The van der Waals surface area contributed by atoms with Gasteiger partial charge in [-0.25, -0.2) is 8.78 Å². The van der Waals surface area contributed by atoms with E-state index in [1.54, 1.807) is 7.11 Å². The highest BCUT2D eigenvalue weighted by Gasteiger charge is 2.12. The SMILES string of the molecule is COCCCNC(=O)c1cc(C(=O)Nc2ccc(F)c(F)c2)ccn1. The molecular formula is C17H17F2N3O3. The Kier molecular flexibility index (Phi) is 6.53. The minimum absolute atomic E-state index is 0.0790. The van der Waals surface area contributed by atoms with Crippen molar-refractivity contribution in [2.45, 2.75) is 6.42 Å². The summed E-state index contributed by atoms with van der Waals surface area (Å²) in [5, 5.41) is 5.09. The number of amides is 2. The number of rotatable bonds is 7. The lowest BCUT2D eigenvalue weighted by molar-refractivity contribution is 0.0943. The van der Waals surface area contributed by atoms with E-state index in [4.69, 9.17) is 4.74 Å². The highest BCUT2D eigenvalue weighted by atomic mass is 19.2. The van der Waals surface area contributed by atoms with Gasteiger partial charge in [0.05, 0.1) is 0 Å². The van der Waals surface area contributed by atoms with Gasteiger partial charge >= 0.3 is 0 Å². The Balaban J connectivity index is 2.03. The molecular weight excluding hydrogens is 332 g/mol. The standard InChI is InChI=1S/C17H17F2N3O3/c1-25-8-2-6-21-17(24)15-9-11(5-7-20-15)16(23)22-12-3-4-13(18)14(19)10-12/h3-5,7,9-10H,2,6,8H2,1H3,(H,21,24)(H,22,23). The maximum absolute atomic E-state index is 13.2. The first-order chi connectivity index (χ1) is 12.0. The number of nitrogens with one attached hydrogen (secondary N) is 2. The van der Waals surface area contributed by atoms with Crippen LogP contribution < -0.4 is 10.6 Å². The highest BCUT2D eigenvalue weighted by molar-refractivity contribution is 6.05. The van der Waals surface area contributed by atoms with Crippen LogP contribution in [0.1, 0.15) is 27.3 Å². The largest absolute Gasteiger partial charge is 0.385 e. The molecule has 2 aromatic rings. The average molecular weight is 349 g/mol. The molecule has 1 aromatic carbocycles. The highest BCUT2D eigenvalue weighted by Crippen LogP contribution is 2.14. The minimum Gasteiger partial charge on any atom is -0.385 e. The fraction of sp³-hybridized carbons (Fsp3) is 0.235. The van der Waals surface area contributed by atoms with Gasteiger partial charge in [-0.3, -0.25) is 14.6 Å². The summed E-state index contributed by atoms with van der Waals surface area (Å²) in [5.41, 5.74) is 0.350. The zero-order valence-corrected chi connectivity index (χ0v) is 13.5. The van der Waals surface area contributed by atoms with Gasteiger partial charge in [-0.2, -0.15) is 0 Å². The Morgan fingerprint density at radius 2 is 1.92 bits per heavy atom. The summed E-state index contributed by atoms with van der Waals surface area (Å²) in [6, 6.07) is 5.76. The third kappa shape index (κ3) is 5.32. The minimum atomic E-state index is -1.07. The van der Waals surface area contributed by atoms with Gasteiger partial charge in [-0.15, -0.1) is 0 Å². The first kappa shape index (κ1) is 18.5. The monoisotopic (exact) mass is 349 g/mol. The van der Waals surface area contributed by atoms with Gasteiger partial charge in [0.1, 0.15) is 5.69 Å². The van der Waals surface area contributed by atoms with Crippen LogP contribution in [0.2, 0.25) is 0 Å². The fourth-order valence-corrected chi connectivity index (χ4v) is 1.98. The summed E-state index contributed by atoms with van der Waals surface area (Å²) in [5.74, 6) is -3.06. The average Bonchev–Trinajstić information content (AvgIpc) is 2.62. The third-order valence-corrected chi connectivity index (χ3v) is 3.24. The summed E-state index contributed by atoms with van der Waals surface area (Å²) in [6.07, 6.45) is 1.97. The molecule has 2 rings (SSSR count). The number of ether oxygens (including phenoxy) is 1. The molecule has 132 valence electrons. The lowest BCUT2D eigenvalue weighted by Crippen LogP contribution is -2.26. The first-order valence-electron chi connectivity index (χ1n) is 7.51. The Hall–Kier alpha value is -2.87. The van der Waals surface area contributed by atoms with Crippen molar-refractivity contribution in [3.63, 3.8) is 0 Å². The van der Waals surface area contributed by atoms with Gasteiger partial charge in [-0.1, -0.05) is 0 Å². The van der Waals surface area contributed by atoms with Crippen molar-refractivity contribution in [3.05, 3.63) is 59.4 Å². The Morgan fingerprint density at radius 3 is 2.64 bits per heavy atom. The summed E-state index contributed by atoms with van der Waals surface area (Å²) in [7, 11) is 1.57. The second kappa shape index (κ2) is 8.84. The molecule has 1 heterocycles. The van der Waals surface area contributed by atoms with E-state index >= 15 is 0 Å². The summed E-state index contributed by atoms with van der Waals surface area (Å²) < 4.78 is 31.0. The van der Waals surface area contributed by atoms with Gasteiger partial charge < -0.3 is 15.4 Å². The van der Waals surface area contributed by atoms with Crippen molar-refractivity contribution in [2.24, 2.45) is 0 Å². The molecule has 0 saturated carbocycles. The molecule has 0 aliphatic rings. The van der Waals surface area contributed by atoms with Crippen LogP contribution in [0.3, 0.4) is 0 Å². The number of halogens is 2. The van der Waals surface area contributed by atoms with Crippen LogP contribution in [0.5, 0.6) is 0 Å². The van der Waals surface area contributed by atoms with Gasteiger partial charge in [0, 0.05) is 43.8 Å². The van der Waals surface area contributed by atoms with Crippen LogP contribution >= 0.6 is 0 Å². The molecule has 0 spiro atoms. The lowest BCUT2D eigenvalue weighted by atomic mass is 10.2. The van der Waals surface area contributed by atoms with E-state index < -0.39 is 23.4 Å². The Labute approximate surface area is 143 Å². The molecule has 1 aromatic heterocycles. The third-order valence-electron chi connectivity index (χ3n) is 3.24. The number of aromatic nitrogens is 1. The normalized spacial score (nSPS) is 10.4. The quantitative estimate of drug-likeness (QED) is 0.752. The molecule has 6 nitrogen and oxygen atoms in total. The van der Waals surface area contributed by atoms with Crippen LogP contribution in [-0.2, 0) is 4.74 Å². The van der Waals surface area contributed by atoms with Gasteiger partial charge in [-0.05, 0) is 30.7 Å². The number of anilines is 1. The van der Waals surface area contributed by atoms with E-state index in [2.05, 4.69) is 15.6 Å². The van der Waals surface area contributed by atoms with Crippen molar-refractivity contribution < 1.29 is 23.1 Å². The summed E-state index contributed by atoms with van der Waals surface area (Å²) in [4.78, 5) is 28.1. The van der Waals surface area contributed by atoms with Crippen molar-refractivity contribution >= 4 is 17.5 Å².